The quantitative estimate of drug-likeness (QED) is 0.777. The van der Waals surface area contributed by atoms with Gasteiger partial charge in [0.05, 0.1) is 5.69 Å². The Bertz CT molecular complexity index is 808. The van der Waals surface area contributed by atoms with E-state index in [1.165, 1.54) is 37.2 Å². The van der Waals surface area contributed by atoms with Crippen LogP contribution in [0, 0.1) is 0 Å². The molecule has 5 rings (SSSR count). The maximum atomic E-state index is 5.52. The normalized spacial score (nSPS) is 23.4. The van der Waals surface area contributed by atoms with Gasteiger partial charge in [0.1, 0.15) is 0 Å². The fraction of sp³-hybridized carbons (Fsp3) is 0.522. The highest BCUT2D eigenvalue weighted by atomic mass is 16.7. The van der Waals surface area contributed by atoms with Gasteiger partial charge in [-0.1, -0.05) is 12.1 Å². The van der Waals surface area contributed by atoms with Gasteiger partial charge in [-0.3, -0.25) is 19.7 Å². The number of piperazine rings is 1. The number of nitrogens with zero attached hydrogens (tertiary/aromatic N) is 4. The summed E-state index contributed by atoms with van der Waals surface area (Å²) >= 11 is 0. The van der Waals surface area contributed by atoms with E-state index in [1.807, 2.05) is 18.3 Å². The first-order valence-electron chi connectivity index (χ1n) is 10.8. The summed E-state index contributed by atoms with van der Waals surface area (Å²) in [6.45, 7) is 9.24. The van der Waals surface area contributed by atoms with Crippen LogP contribution in [0.15, 0.2) is 42.6 Å². The number of piperidine rings is 1. The molecule has 29 heavy (non-hydrogen) atoms. The Morgan fingerprint density at radius 2 is 1.79 bits per heavy atom. The molecule has 0 spiro atoms. The lowest BCUT2D eigenvalue weighted by Crippen LogP contribution is -2.54. The van der Waals surface area contributed by atoms with Crippen LogP contribution in [0.2, 0.25) is 0 Å². The van der Waals surface area contributed by atoms with E-state index in [0.717, 1.165) is 50.8 Å². The van der Waals surface area contributed by atoms with Crippen molar-refractivity contribution in [3.63, 3.8) is 0 Å². The molecule has 0 saturated carbocycles. The van der Waals surface area contributed by atoms with Crippen molar-refractivity contribution in [2.45, 2.75) is 32.0 Å². The molecule has 0 aliphatic carbocycles. The van der Waals surface area contributed by atoms with E-state index in [1.54, 1.807) is 0 Å². The molecule has 1 atom stereocenters. The van der Waals surface area contributed by atoms with Gasteiger partial charge >= 0.3 is 0 Å². The lowest BCUT2D eigenvalue weighted by Gasteiger charge is -2.43. The van der Waals surface area contributed by atoms with Crippen molar-refractivity contribution in [3.8, 4) is 11.5 Å². The van der Waals surface area contributed by atoms with Gasteiger partial charge in [0.15, 0.2) is 11.5 Å². The monoisotopic (exact) mass is 394 g/mol. The second-order valence-electron chi connectivity index (χ2n) is 8.35. The maximum absolute atomic E-state index is 5.52. The zero-order valence-electron chi connectivity index (χ0n) is 17.0. The minimum atomic E-state index is 0.343. The minimum absolute atomic E-state index is 0.343. The molecular weight excluding hydrogens is 364 g/mol. The number of benzene rings is 1. The van der Waals surface area contributed by atoms with E-state index in [0.29, 0.717) is 12.8 Å². The Labute approximate surface area is 173 Å². The third kappa shape index (κ3) is 4.55. The average molecular weight is 395 g/mol. The molecule has 0 radical (unpaired) electrons. The van der Waals surface area contributed by atoms with Gasteiger partial charge in [0, 0.05) is 58.1 Å². The zero-order chi connectivity index (χ0) is 19.5. The van der Waals surface area contributed by atoms with Crippen molar-refractivity contribution in [2.75, 3.05) is 46.1 Å². The Hall–Kier alpha value is -2.15. The van der Waals surface area contributed by atoms with Crippen molar-refractivity contribution < 1.29 is 9.47 Å². The molecule has 6 heteroatoms. The van der Waals surface area contributed by atoms with Gasteiger partial charge in [-0.2, -0.15) is 0 Å². The summed E-state index contributed by atoms with van der Waals surface area (Å²) in [6, 6.07) is 13.2. The number of pyridine rings is 1. The topological polar surface area (TPSA) is 41.1 Å². The zero-order valence-corrected chi connectivity index (χ0v) is 17.0. The number of ether oxygens (including phenoxy) is 2. The molecule has 3 aliphatic rings. The number of rotatable bonds is 5. The van der Waals surface area contributed by atoms with E-state index in [-0.39, 0.29) is 0 Å². The molecule has 4 heterocycles. The smallest absolute Gasteiger partial charge is 0.231 e. The Morgan fingerprint density at radius 3 is 2.66 bits per heavy atom. The second kappa shape index (κ2) is 8.69. The van der Waals surface area contributed by atoms with Crippen molar-refractivity contribution in [1.29, 1.82) is 0 Å². The SMILES string of the molecule is c1ccc(CN2CCCC(N3CCN(Cc4ccc5c(c4)OCO5)CC3)C2)nc1. The molecule has 154 valence electrons. The minimum Gasteiger partial charge on any atom is -0.454 e. The highest BCUT2D eigenvalue weighted by Gasteiger charge is 2.28. The van der Waals surface area contributed by atoms with Crippen molar-refractivity contribution in [1.82, 2.24) is 19.7 Å². The van der Waals surface area contributed by atoms with Gasteiger partial charge in [-0.25, -0.2) is 0 Å². The Morgan fingerprint density at radius 1 is 0.897 bits per heavy atom. The molecule has 3 aliphatic heterocycles. The molecule has 2 fully saturated rings. The van der Waals surface area contributed by atoms with E-state index in [4.69, 9.17) is 9.47 Å². The van der Waals surface area contributed by atoms with Crippen LogP contribution in [0.5, 0.6) is 11.5 Å². The average Bonchev–Trinajstić information content (AvgIpc) is 3.23. The predicted molar refractivity (Wildman–Crippen MR) is 112 cm³/mol. The number of likely N-dealkylation sites (tertiary alicyclic amines) is 1. The second-order valence-corrected chi connectivity index (χ2v) is 8.35. The van der Waals surface area contributed by atoms with Crippen LogP contribution in [0.25, 0.3) is 0 Å². The van der Waals surface area contributed by atoms with Crippen LogP contribution < -0.4 is 9.47 Å². The predicted octanol–water partition coefficient (Wildman–Crippen LogP) is 2.59. The van der Waals surface area contributed by atoms with Gasteiger partial charge in [-0.15, -0.1) is 0 Å². The van der Waals surface area contributed by atoms with Crippen LogP contribution in [-0.2, 0) is 13.1 Å². The summed E-state index contributed by atoms with van der Waals surface area (Å²) in [5, 5.41) is 0. The molecule has 1 aromatic heterocycles. The van der Waals surface area contributed by atoms with Gasteiger partial charge in [0.2, 0.25) is 6.79 Å². The molecule has 2 aromatic rings. The van der Waals surface area contributed by atoms with Crippen LogP contribution in [-0.4, -0.2) is 71.8 Å². The summed E-state index contributed by atoms with van der Waals surface area (Å²) in [4.78, 5) is 12.3. The van der Waals surface area contributed by atoms with E-state index in [9.17, 15) is 0 Å². The first kappa shape index (κ1) is 18.9. The summed E-state index contributed by atoms with van der Waals surface area (Å²) in [7, 11) is 0. The first-order valence-corrected chi connectivity index (χ1v) is 10.8. The molecule has 0 bridgehead atoms. The number of hydrogen-bond donors (Lipinski definition) is 0. The fourth-order valence-electron chi connectivity index (χ4n) is 4.78. The van der Waals surface area contributed by atoms with Crippen molar-refractivity contribution >= 4 is 0 Å². The molecule has 2 saturated heterocycles. The molecule has 6 nitrogen and oxygen atoms in total. The molecule has 1 aromatic carbocycles. The van der Waals surface area contributed by atoms with E-state index >= 15 is 0 Å². The Balaban J connectivity index is 1.11. The third-order valence-corrected chi connectivity index (χ3v) is 6.36. The standard InChI is InChI=1S/C23H30N4O2/c1-2-8-24-20(4-1)16-26-9-3-5-21(17-26)27-12-10-25(11-13-27)15-19-6-7-22-23(14-19)29-18-28-22/h1-2,4,6-8,14,21H,3,5,9-13,15-18H2. The Kier molecular flexibility index (Phi) is 5.65. The summed E-state index contributed by atoms with van der Waals surface area (Å²) in [5.41, 5.74) is 2.49. The van der Waals surface area contributed by atoms with E-state index < -0.39 is 0 Å². The molecule has 1 unspecified atom stereocenters. The van der Waals surface area contributed by atoms with Crippen LogP contribution >= 0.6 is 0 Å². The largest absolute Gasteiger partial charge is 0.454 e. The van der Waals surface area contributed by atoms with E-state index in [2.05, 4.69) is 43.9 Å². The lowest BCUT2D eigenvalue weighted by molar-refractivity contribution is 0.0474. The van der Waals surface area contributed by atoms with Crippen LogP contribution in [0.4, 0.5) is 0 Å². The van der Waals surface area contributed by atoms with Crippen LogP contribution in [0.3, 0.4) is 0 Å². The van der Waals surface area contributed by atoms with Gasteiger partial charge in [-0.05, 0) is 49.2 Å². The number of hydrogen-bond acceptors (Lipinski definition) is 6. The highest BCUT2D eigenvalue weighted by molar-refractivity contribution is 5.44. The summed E-state index contributed by atoms with van der Waals surface area (Å²) in [6.07, 6.45) is 4.51. The summed E-state index contributed by atoms with van der Waals surface area (Å²) < 4.78 is 10.9. The number of aromatic nitrogens is 1. The molecule has 0 amide bonds. The van der Waals surface area contributed by atoms with Crippen molar-refractivity contribution in [3.05, 3.63) is 53.9 Å². The van der Waals surface area contributed by atoms with Crippen LogP contribution in [0.1, 0.15) is 24.1 Å². The first-order chi connectivity index (χ1) is 14.3. The van der Waals surface area contributed by atoms with Crippen molar-refractivity contribution in [2.24, 2.45) is 0 Å². The van der Waals surface area contributed by atoms with Gasteiger partial charge in [0.25, 0.3) is 0 Å². The fourth-order valence-corrected chi connectivity index (χ4v) is 4.78. The molecular formula is C23H30N4O2. The highest BCUT2D eigenvalue weighted by Crippen LogP contribution is 2.33. The lowest BCUT2D eigenvalue weighted by atomic mass is 10.0. The summed E-state index contributed by atoms with van der Waals surface area (Å²) in [5.74, 6) is 1.75. The number of fused-ring (bicyclic) bond motifs is 1. The third-order valence-electron chi connectivity index (χ3n) is 6.36. The van der Waals surface area contributed by atoms with Gasteiger partial charge < -0.3 is 9.47 Å². The maximum Gasteiger partial charge on any atom is 0.231 e. The molecule has 0 N–H and O–H groups in total.